The average Bonchev–Trinajstić information content (AvgIpc) is 2.56. The van der Waals surface area contributed by atoms with Crippen LogP contribution in [-0.4, -0.2) is 18.4 Å². The maximum absolute atomic E-state index is 11.9. The Bertz CT molecular complexity index is 747. The molecule has 0 aromatic heterocycles. The molecule has 0 spiro atoms. The average molecular weight is 323 g/mol. The summed E-state index contributed by atoms with van der Waals surface area (Å²) in [5.74, 6) is -0.0241. The van der Waals surface area contributed by atoms with Crippen molar-refractivity contribution in [2.45, 2.75) is 13.3 Å². The van der Waals surface area contributed by atoms with Gasteiger partial charge in [-0.05, 0) is 43.3 Å². The van der Waals surface area contributed by atoms with E-state index < -0.39 is 0 Å². The number of ether oxygens (including phenoxy) is 1. The molecule has 2 amide bonds. The number of rotatable bonds is 6. The second-order valence-corrected chi connectivity index (χ2v) is 5.11. The van der Waals surface area contributed by atoms with Crippen molar-refractivity contribution in [2.75, 3.05) is 17.2 Å². The second-order valence-electron chi connectivity index (χ2n) is 5.11. The van der Waals surface area contributed by atoms with Gasteiger partial charge in [-0.15, -0.1) is 0 Å². The zero-order valence-electron chi connectivity index (χ0n) is 13.2. The fourth-order valence-corrected chi connectivity index (χ4v) is 1.89. The zero-order valence-corrected chi connectivity index (χ0v) is 13.2. The van der Waals surface area contributed by atoms with Crippen LogP contribution in [0.3, 0.4) is 0 Å². The molecule has 2 N–H and O–H groups in total. The van der Waals surface area contributed by atoms with Crippen LogP contribution in [0.2, 0.25) is 0 Å². The predicted octanol–water partition coefficient (Wildman–Crippen LogP) is 2.86. The van der Waals surface area contributed by atoms with Gasteiger partial charge in [-0.25, -0.2) is 0 Å². The molecule has 0 atom stereocenters. The van der Waals surface area contributed by atoms with E-state index in [1.54, 1.807) is 42.5 Å². The van der Waals surface area contributed by atoms with E-state index in [4.69, 9.17) is 10.00 Å². The van der Waals surface area contributed by atoms with Gasteiger partial charge in [0.1, 0.15) is 12.2 Å². The molecule has 6 nitrogen and oxygen atoms in total. The van der Waals surface area contributed by atoms with Crippen molar-refractivity contribution < 1.29 is 14.3 Å². The van der Waals surface area contributed by atoms with Crippen LogP contribution >= 0.6 is 0 Å². The molecule has 2 aromatic rings. The molecule has 0 unspecified atom stereocenters. The third-order valence-corrected chi connectivity index (χ3v) is 3.08. The van der Waals surface area contributed by atoms with Crippen LogP contribution in [0, 0.1) is 18.3 Å². The lowest BCUT2D eigenvalue weighted by molar-refractivity contribution is -0.118. The minimum absolute atomic E-state index is 0.0935. The van der Waals surface area contributed by atoms with Crippen molar-refractivity contribution in [2.24, 2.45) is 0 Å². The third-order valence-electron chi connectivity index (χ3n) is 3.08. The van der Waals surface area contributed by atoms with Gasteiger partial charge in [-0.1, -0.05) is 17.7 Å². The molecule has 2 rings (SSSR count). The highest BCUT2D eigenvalue weighted by Gasteiger charge is 2.05. The van der Waals surface area contributed by atoms with Gasteiger partial charge in [0.05, 0.1) is 6.07 Å². The van der Waals surface area contributed by atoms with Crippen molar-refractivity contribution in [3.8, 4) is 11.8 Å². The molecule has 122 valence electrons. The Morgan fingerprint density at radius 3 is 2.04 bits per heavy atom. The van der Waals surface area contributed by atoms with Crippen LogP contribution in [0.5, 0.6) is 5.75 Å². The Balaban J connectivity index is 1.82. The first-order valence-electron chi connectivity index (χ1n) is 7.33. The number of benzene rings is 2. The van der Waals surface area contributed by atoms with Gasteiger partial charge in [-0.3, -0.25) is 9.59 Å². The van der Waals surface area contributed by atoms with Crippen LogP contribution < -0.4 is 15.4 Å². The van der Waals surface area contributed by atoms with Crippen molar-refractivity contribution in [3.63, 3.8) is 0 Å². The molecule has 0 saturated carbocycles. The maximum Gasteiger partial charge on any atom is 0.262 e. The molecule has 0 fully saturated rings. The highest BCUT2D eigenvalue weighted by atomic mass is 16.5. The fraction of sp³-hybridized carbons (Fsp3) is 0.167. The number of hydrogen-bond donors (Lipinski definition) is 2. The Kier molecular flexibility index (Phi) is 5.92. The van der Waals surface area contributed by atoms with E-state index in [0.29, 0.717) is 17.1 Å². The zero-order chi connectivity index (χ0) is 17.4. The smallest absolute Gasteiger partial charge is 0.262 e. The van der Waals surface area contributed by atoms with E-state index in [0.717, 1.165) is 5.56 Å². The van der Waals surface area contributed by atoms with E-state index in [2.05, 4.69) is 10.6 Å². The Hall–Kier alpha value is -3.33. The Morgan fingerprint density at radius 1 is 0.958 bits per heavy atom. The number of nitriles is 1. The highest BCUT2D eigenvalue weighted by molar-refractivity contribution is 5.94. The standard InChI is InChI=1S/C18H17N3O3/c1-13-2-8-16(9-3-13)24-12-18(23)21-15-6-4-14(5-7-15)20-17(22)10-11-19/h2-9H,10,12H2,1H3,(H,20,22)(H,21,23). The number of nitrogens with zero attached hydrogens (tertiary/aromatic N) is 1. The molecule has 24 heavy (non-hydrogen) atoms. The van der Waals surface area contributed by atoms with Crippen LogP contribution in [0.1, 0.15) is 12.0 Å². The first kappa shape index (κ1) is 17.0. The molecule has 0 aliphatic rings. The lowest BCUT2D eigenvalue weighted by Gasteiger charge is -2.09. The largest absolute Gasteiger partial charge is 0.484 e. The number of carbonyl (C=O) groups is 2. The summed E-state index contributed by atoms with van der Waals surface area (Å²) in [5, 5.41) is 13.7. The van der Waals surface area contributed by atoms with Crippen LogP contribution in [0.4, 0.5) is 11.4 Å². The first-order valence-corrected chi connectivity index (χ1v) is 7.33. The van der Waals surface area contributed by atoms with Crippen molar-refractivity contribution >= 4 is 23.2 Å². The first-order chi connectivity index (χ1) is 11.6. The van der Waals surface area contributed by atoms with Crippen LogP contribution in [0.25, 0.3) is 0 Å². The molecule has 0 aliphatic carbocycles. The normalized spacial score (nSPS) is 9.67. The number of amides is 2. The van der Waals surface area contributed by atoms with Gasteiger partial charge in [0.15, 0.2) is 6.61 Å². The molecule has 0 aliphatic heterocycles. The van der Waals surface area contributed by atoms with Gasteiger partial charge >= 0.3 is 0 Å². The summed E-state index contributed by atoms with van der Waals surface area (Å²) in [6.07, 6.45) is -0.200. The van der Waals surface area contributed by atoms with Crippen molar-refractivity contribution in [1.82, 2.24) is 0 Å². The van der Waals surface area contributed by atoms with E-state index in [1.165, 1.54) is 0 Å². The molecule has 0 saturated heterocycles. The van der Waals surface area contributed by atoms with E-state index in [9.17, 15) is 9.59 Å². The van der Waals surface area contributed by atoms with Crippen molar-refractivity contribution in [1.29, 1.82) is 5.26 Å². The van der Waals surface area contributed by atoms with E-state index in [1.807, 2.05) is 19.1 Å². The summed E-state index contributed by atoms with van der Waals surface area (Å²) >= 11 is 0. The van der Waals surface area contributed by atoms with Crippen LogP contribution in [0.15, 0.2) is 48.5 Å². The van der Waals surface area contributed by atoms with Crippen molar-refractivity contribution in [3.05, 3.63) is 54.1 Å². The topological polar surface area (TPSA) is 91.2 Å². The molecule has 2 aromatic carbocycles. The summed E-state index contributed by atoms with van der Waals surface area (Å²) in [7, 11) is 0. The number of carbonyl (C=O) groups excluding carboxylic acids is 2. The monoisotopic (exact) mass is 323 g/mol. The van der Waals surface area contributed by atoms with Gasteiger partial charge in [0.2, 0.25) is 5.91 Å². The summed E-state index contributed by atoms with van der Waals surface area (Å²) in [6.45, 7) is 1.88. The minimum Gasteiger partial charge on any atom is -0.484 e. The Labute approximate surface area is 140 Å². The molecular formula is C18H17N3O3. The minimum atomic E-state index is -0.374. The van der Waals surface area contributed by atoms with Gasteiger partial charge in [-0.2, -0.15) is 5.26 Å². The van der Waals surface area contributed by atoms with Gasteiger partial charge < -0.3 is 15.4 Å². The van der Waals surface area contributed by atoms with Gasteiger partial charge in [0.25, 0.3) is 5.91 Å². The molecule has 0 radical (unpaired) electrons. The molecule has 0 bridgehead atoms. The summed E-state index contributed by atoms with van der Waals surface area (Å²) < 4.78 is 5.40. The molecule has 6 heteroatoms. The molecule has 0 heterocycles. The maximum atomic E-state index is 11.9. The van der Waals surface area contributed by atoms with E-state index >= 15 is 0 Å². The third kappa shape index (κ3) is 5.46. The predicted molar refractivity (Wildman–Crippen MR) is 90.6 cm³/mol. The van der Waals surface area contributed by atoms with Crippen LogP contribution in [-0.2, 0) is 9.59 Å². The van der Waals surface area contributed by atoms with Gasteiger partial charge in [0, 0.05) is 11.4 Å². The quantitative estimate of drug-likeness (QED) is 0.855. The second kappa shape index (κ2) is 8.34. The highest BCUT2D eigenvalue weighted by Crippen LogP contribution is 2.14. The number of hydrogen-bond acceptors (Lipinski definition) is 4. The Morgan fingerprint density at radius 2 is 1.50 bits per heavy atom. The SMILES string of the molecule is Cc1ccc(OCC(=O)Nc2ccc(NC(=O)CC#N)cc2)cc1. The number of anilines is 2. The number of aryl methyl sites for hydroxylation is 1. The summed E-state index contributed by atoms with van der Waals surface area (Å²) in [6, 6.07) is 15.8. The van der Waals surface area contributed by atoms with E-state index in [-0.39, 0.29) is 24.8 Å². The summed E-state index contributed by atoms with van der Waals surface area (Å²) in [4.78, 5) is 23.2. The lowest BCUT2D eigenvalue weighted by Crippen LogP contribution is -2.20. The number of nitrogens with one attached hydrogen (secondary N) is 2. The fourth-order valence-electron chi connectivity index (χ4n) is 1.89. The molecular weight excluding hydrogens is 306 g/mol. The lowest BCUT2D eigenvalue weighted by atomic mass is 10.2. The summed E-state index contributed by atoms with van der Waals surface area (Å²) in [5.41, 5.74) is 2.27.